The van der Waals surface area contributed by atoms with Gasteiger partial charge in [0.25, 0.3) is 0 Å². The normalized spacial score (nSPS) is 11.8. The van der Waals surface area contributed by atoms with E-state index in [2.05, 4.69) is 42.1 Å². The summed E-state index contributed by atoms with van der Waals surface area (Å²) in [6.45, 7) is 8.57. The van der Waals surface area contributed by atoms with Crippen LogP contribution in [-0.4, -0.2) is 21.2 Å². The fourth-order valence-electron chi connectivity index (χ4n) is 1.67. The first kappa shape index (κ1) is 12.9. The Morgan fingerprint density at radius 3 is 3.06 bits per heavy atom. The molecular weight excluding hydrogens is 250 g/mol. The molecule has 5 heteroatoms. The van der Waals surface area contributed by atoms with Crippen LogP contribution in [0.5, 0.6) is 0 Å². The van der Waals surface area contributed by atoms with Crippen LogP contribution in [0.15, 0.2) is 16.6 Å². The topological polar surface area (TPSA) is 29.3 Å². The van der Waals surface area contributed by atoms with Gasteiger partial charge in [0.2, 0.25) is 0 Å². The Morgan fingerprint density at radius 1 is 1.53 bits per heavy atom. The number of thiazole rings is 1. The lowest BCUT2D eigenvalue weighted by molar-refractivity contribution is 0.653. The minimum absolute atomic E-state index is 0.574. The molecule has 0 unspecified atom stereocenters. The third kappa shape index (κ3) is 3.03. The van der Waals surface area contributed by atoms with Crippen LogP contribution in [0.4, 0.5) is 0 Å². The lowest BCUT2D eigenvalue weighted by atomic mass is 10.4. The van der Waals surface area contributed by atoms with Crippen LogP contribution in [0.3, 0.4) is 0 Å². The molecule has 0 aliphatic heterocycles. The maximum atomic E-state index is 4.70. The second kappa shape index (κ2) is 5.89. The molecule has 1 N–H and O–H groups in total. The predicted molar refractivity (Wildman–Crippen MR) is 76.1 cm³/mol. The van der Waals surface area contributed by atoms with E-state index in [1.807, 2.05) is 11.8 Å². The molecule has 0 aliphatic carbocycles. The van der Waals surface area contributed by atoms with E-state index in [0.29, 0.717) is 5.25 Å². The van der Waals surface area contributed by atoms with Crippen LogP contribution in [0.1, 0.15) is 32.9 Å². The fourth-order valence-corrected chi connectivity index (χ4v) is 3.36. The van der Waals surface area contributed by atoms with Crippen LogP contribution in [0.2, 0.25) is 0 Å². The number of nitrogens with zero attached hydrogens (tertiary/aromatic N) is 2. The molecule has 0 aliphatic rings. The summed E-state index contributed by atoms with van der Waals surface area (Å²) in [4.78, 5) is 5.79. The van der Waals surface area contributed by atoms with Gasteiger partial charge in [0.05, 0.1) is 5.69 Å². The zero-order chi connectivity index (χ0) is 12.3. The standard InChI is InChI=1S/C12H19N3S2/c1-4-5-13-8-10-11(17-9(2)3)14-12-15(10)6-7-16-12/h6-7,9,13H,4-5,8H2,1-3H3. The highest BCUT2D eigenvalue weighted by Gasteiger charge is 2.14. The Hall–Kier alpha value is -0.520. The van der Waals surface area contributed by atoms with Crippen LogP contribution in [0.25, 0.3) is 4.96 Å². The van der Waals surface area contributed by atoms with Gasteiger partial charge in [-0.05, 0) is 13.0 Å². The lowest BCUT2D eigenvalue weighted by Gasteiger charge is -2.06. The highest BCUT2D eigenvalue weighted by Crippen LogP contribution is 2.28. The highest BCUT2D eigenvalue weighted by atomic mass is 32.2. The summed E-state index contributed by atoms with van der Waals surface area (Å²) >= 11 is 3.55. The third-order valence-electron chi connectivity index (χ3n) is 2.39. The van der Waals surface area contributed by atoms with Gasteiger partial charge < -0.3 is 5.32 Å². The quantitative estimate of drug-likeness (QED) is 0.644. The van der Waals surface area contributed by atoms with E-state index >= 15 is 0 Å². The molecule has 0 saturated heterocycles. The number of rotatable bonds is 6. The van der Waals surface area contributed by atoms with Gasteiger partial charge in [-0.1, -0.05) is 20.8 Å². The molecule has 2 aromatic heterocycles. The van der Waals surface area contributed by atoms with E-state index in [1.54, 1.807) is 11.3 Å². The summed E-state index contributed by atoms with van der Waals surface area (Å²) in [5.74, 6) is 0. The molecule has 2 aromatic rings. The SMILES string of the molecule is CCCNCc1c(SC(C)C)nc2sccn12. The Kier molecular flexibility index (Phi) is 4.48. The number of hydrogen-bond acceptors (Lipinski definition) is 4. The summed E-state index contributed by atoms with van der Waals surface area (Å²) in [5.41, 5.74) is 1.30. The summed E-state index contributed by atoms with van der Waals surface area (Å²) in [7, 11) is 0. The van der Waals surface area contributed by atoms with Gasteiger partial charge >= 0.3 is 0 Å². The Morgan fingerprint density at radius 2 is 2.35 bits per heavy atom. The van der Waals surface area contributed by atoms with Gasteiger partial charge in [0.15, 0.2) is 4.96 Å². The van der Waals surface area contributed by atoms with Crippen molar-refractivity contribution in [2.45, 2.75) is 44.0 Å². The van der Waals surface area contributed by atoms with Crippen molar-refractivity contribution in [3.05, 3.63) is 17.3 Å². The number of imidazole rings is 1. The number of aromatic nitrogens is 2. The van der Waals surface area contributed by atoms with Crippen molar-refractivity contribution in [2.75, 3.05) is 6.54 Å². The highest BCUT2D eigenvalue weighted by molar-refractivity contribution is 7.99. The van der Waals surface area contributed by atoms with Gasteiger partial charge in [0, 0.05) is 23.4 Å². The zero-order valence-electron chi connectivity index (χ0n) is 10.6. The molecule has 17 heavy (non-hydrogen) atoms. The van der Waals surface area contributed by atoms with Crippen molar-refractivity contribution in [3.63, 3.8) is 0 Å². The van der Waals surface area contributed by atoms with Crippen LogP contribution in [0, 0.1) is 0 Å². The maximum absolute atomic E-state index is 4.70. The van der Waals surface area contributed by atoms with Crippen molar-refractivity contribution in [3.8, 4) is 0 Å². The monoisotopic (exact) mass is 269 g/mol. The van der Waals surface area contributed by atoms with E-state index in [1.165, 1.54) is 10.7 Å². The van der Waals surface area contributed by atoms with Crippen molar-refractivity contribution >= 4 is 28.1 Å². The Labute approximate surface area is 111 Å². The predicted octanol–water partition coefficient (Wildman–Crippen LogP) is 3.40. The minimum atomic E-state index is 0.574. The fraction of sp³-hybridized carbons (Fsp3) is 0.583. The first-order valence-corrected chi connectivity index (χ1v) is 7.80. The summed E-state index contributed by atoms with van der Waals surface area (Å²) in [6.07, 6.45) is 3.28. The molecule has 2 rings (SSSR count). The first-order valence-electron chi connectivity index (χ1n) is 6.04. The maximum Gasteiger partial charge on any atom is 0.194 e. The molecule has 0 fully saturated rings. The molecule has 0 spiro atoms. The van der Waals surface area contributed by atoms with E-state index in [4.69, 9.17) is 4.98 Å². The molecule has 0 radical (unpaired) electrons. The smallest absolute Gasteiger partial charge is 0.194 e. The van der Waals surface area contributed by atoms with Crippen LogP contribution in [-0.2, 0) is 6.54 Å². The third-order valence-corrected chi connectivity index (χ3v) is 4.17. The van der Waals surface area contributed by atoms with Crippen molar-refractivity contribution in [1.82, 2.24) is 14.7 Å². The van der Waals surface area contributed by atoms with E-state index in [0.717, 1.165) is 24.5 Å². The molecule has 0 saturated carbocycles. The average molecular weight is 269 g/mol. The molecule has 94 valence electrons. The number of thioether (sulfide) groups is 1. The molecule has 2 heterocycles. The second-order valence-electron chi connectivity index (χ2n) is 4.26. The Bertz CT molecular complexity index is 473. The summed E-state index contributed by atoms with van der Waals surface area (Å²) in [5, 5.41) is 7.31. The van der Waals surface area contributed by atoms with E-state index < -0.39 is 0 Å². The van der Waals surface area contributed by atoms with Gasteiger partial charge in [0.1, 0.15) is 5.03 Å². The first-order chi connectivity index (χ1) is 8.22. The Balaban J connectivity index is 2.23. The number of hydrogen-bond donors (Lipinski definition) is 1. The van der Waals surface area contributed by atoms with Gasteiger partial charge in [-0.2, -0.15) is 0 Å². The van der Waals surface area contributed by atoms with Gasteiger partial charge in [-0.25, -0.2) is 4.98 Å². The summed E-state index contributed by atoms with van der Waals surface area (Å²) < 4.78 is 2.21. The lowest BCUT2D eigenvalue weighted by Crippen LogP contribution is -2.15. The van der Waals surface area contributed by atoms with Crippen molar-refractivity contribution in [2.24, 2.45) is 0 Å². The molecule has 3 nitrogen and oxygen atoms in total. The molecule has 0 amide bonds. The van der Waals surface area contributed by atoms with Gasteiger partial charge in [-0.15, -0.1) is 23.1 Å². The zero-order valence-corrected chi connectivity index (χ0v) is 12.2. The largest absolute Gasteiger partial charge is 0.311 e. The summed E-state index contributed by atoms with van der Waals surface area (Å²) in [6, 6.07) is 0. The van der Waals surface area contributed by atoms with Gasteiger partial charge in [-0.3, -0.25) is 4.40 Å². The van der Waals surface area contributed by atoms with Crippen molar-refractivity contribution in [1.29, 1.82) is 0 Å². The van der Waals surface area contributed by atoms with Crippen LogP contribution < -0.4 is 5.32 Å². The molecule has 0 aromatic carbocycles. The number of fused-ring (bicyclic) bond motifs is 1. The van der Waals surface area contributed by atoms with E-state index in [9.17, 15) is 0 Å². The van der Waals surface area contributed by atoms with E-state index in [-0.39, 0.29) is 0 Å². The van der Waals surface area contributed by atoms with Crippen LogP contribution >= 0.6 is 23.1 Å². The molecule has 0 atom stereocenters. The molecule has 0 bridgehead atoms. The van der Waals surface area contributed by atoms with Crippen molar-refractivity contribution < 1.29 is 0 Å². The second-order valence-corrected chi connectivity index (χ2v) is 6.70. The average Bonchev–Trinajstić information content (AvgIpc) is 2.81. The minimum Gasteiger partial charge on any atom is -0.311 e. The number of nitrogens with one attached hydrogen (secondary N) is 1. The molecular formula is C12H19N3S2.